The maximum atomic E-state index is 6.04. The van der Waals surface area contributed by atoms with E-state index in [0.29, 0.717) is 21.5 Å². The number of benzene rings is 1. The Hall–Kier alpha value is -0.310. The average molecular weight is 248 g/mol. The van der Waals surface area contributed by atoms with Crippen LogP contribution in [-0.2, 0) is 0 Å². The Bertz CT molecular complexity index is 332. The van der Waals surface area contributed by atoms with Gasteiger partial charge in [-0.05, 0) is 23.6 Å². The summed E-state index contributed by atoms with van der Waals surface area (Å²) in [5.74, 6) is 0.161. The molecular weight excluding hydrogens is 237 g/mol. The van der Waals surface area contributed by atoms with Crippen molar-refractivity contribution >= 4 is 40.4 Å². The van der Waals surface area contributed by atoms with E-state index in [1.807, 2.05) is 25.1 Å². The van der Waals surface area contributed by atoms with Crippen molar-refractivity contribution in [1.29, 1.82) is 0 Å². The molecule has 0 bridgehead atoms. The molecule has 1 nitrogen and oxygen atoms in total. The summed E-state index contributed by atoms with van der Waals surface area (Å²) in [6, 6.07) is 5.46. The van der Waals surface area contributed by atoms with Gasteiger partial charge in [0, 0.05) is 16.5 Å². The van der Waals surface area contributed by atoms with E-state index in [0.717, 1.165) is 5.56 Å². The Morgan fingerprint density at radius 3 is 2.36 bits per heavy atom. The molecule has 2 N–H and O–H groups in total. The second-order valence-electron chi connectivity index (χ2n) is 3.21. The minimum absolute atomic E-state index is 0.161. The number of hydrogen-bond donors (Lipinski definition) is 1. The molecule has 76 valence electrons. The van der Waals surface area contributed by atoms with Gasteiger partial charge in [0.15, 0.2) is 0 Å². The highest BCUT2D eigenvalue weighted by atomic mass is 35.5. The zero-order valence-corrected chi connectivity index (χ0v) is 10.1. The average Bonchev–Trinajstić information content (AvgIpc) is 2.01. The van der Waals surface area contributed by atoms with Crippen LogP contribution < -0.4 is 5.73 Å². The second-order valence-corrected chi connectivity index (χ2v) is 4.55. The van der Waals surface area contributed by atoms with Crippen LogP contribution in [0.1, 0.15) is 24.8 Å². The molecule has 0 heterocycles. The van der Waals surface area contributed by atoms with Crippen LogP contribution in [0.3, 0.4) is 0 Å². The van der Waals surface area contributed by atoms with Crippen molar-refractivity contribution in [1.82, 2.24) is 0 Å². The van der Waals surface area contributed by atoms with Crippen LogP contribution in [0.5, 0.6) is 0 Å². The van der Waals surface area contributed by atoms with Gasteiger partial charge in [0.25, 0.3) is 0 Å². The summed E-state index contributed by atoms with van der Waals surface area (Å²) in [4.78, 5) is 0.480. The van der Waals surface area contributed by atoms with E-state index >= 15 is 0 Å². The Balaban J connectivity index is 2.99. The molecule has 0 aliphatic heterocycles. The smallest absolute Gasteiger partial charge is 0.0733 e. The minimum Gasteiger partial charge on any atom is -0.393 e. The molecule has 1 unspecified atom stereocenters. The van der Waals surface area contributed by atoms with Crippen molar-refractivity contribution in [2.75, 3.05) is 0 Å². The molecule has 1 rings (SSSR count). The van der Waals surface area contributed by atoms with Crippen LogP contribution in [0, 0.1) is 0 Å². The Labute approximate surface area is 99.2 Å². The van der Waals surface area contributed by atoms with Crippen LogP contribution in [0.4, 0.5) is 0 Å². The molecule has 0 radical (unpaired) electrons. The van der Waals surface area contributed by atoms with Crippen LogP contribution in [0.25, 0.3) is 0 Å². The van der Waals surface area contributed by atoms with Crippen LogP contribution in [0.15, 0.2) is 18.2 Å². The van der Waals surface area contributed by atoms with Gasteiger partial charge in [-0.15, -0.1) is 0 Å². The first-order chi connectivity index (χ1) is 6.52. The molecule has 0 amide bonds. The third-order valence-corrected chi connectivity index (χ3v) is 2.83. The van der Waals surface area contributed by atoms with Crippen molar-refractivity contribution in [3.05, 3.63) is 33.8 Å². The molecule has 14 heavy (non-hydrogen) atoms. The second kappa shape index (κ2) is 4.96. The van der Waals surface area contributed by atoms with Gasteiger partial charge in [-0.2, -0.15) is 0 Å². The standard InChI is InChI=1S/C10H11Cl2NS/c1-6(5-9(13)14)10-7(11)3-2-4-8(10)12/h2-4,6H,5H2,1H3,(H2,13,14). The fraction of sp³-hybridized carbons (Fsp3) is 0.300. The third-order valence-electron chi connectivity index (χ3n) is 2.00. The van der Waals surface area contributed by atoms with E-state index in [1.165, 1.54) is 0 Å². The van der Waals surface area contributed by atoms with Gasteiger partial charge in [-0.25, -0.2) is 0 Å². The van der Waals surface area contributed by atoms with E-state index in [4.69, 9.17) is 41.2 Å². The van der Waals surface area contributed by atoms with E-state index in [9.17, 15) is 0 Å². The lowest BCUT2D eigenvalue weighted by Crippen LogP contribution is -2.11. The Morgan fingerprint density at radius 1 is 1.43 bits per heavy atom. The maximum absolute atomic E-state index is 6.04. The summed E-state index contributed by atoms with van der Waals surface area (Å²) < 4.78 is 0. The summed E-state index contributed by atoms with van der Waals surface area (Å²) in [5, 5.41) is 1.34. The summed E-state index contributed by atoms with van der Waals surface area (Å²) in [6.07, 6.45) is 0.624. The normalized spacial score (nSPS) is 12.5. The molecule has 0 aromatic heterocycles. The minimum atomic E-state index is 0.161. The SMILES string of the molecule is CC(CC(N)=S)c1c(Cl)cccc1Cl. The molecule has 0 spiro atoms. The van der Waals surface area contributed by atoms with Gasteiger partial charge in [-0.3, -0.25) is 0 Å². The third kappa shape index (κ3) is 2.84. The molecule has 0 fully saturated rings. The van der Waals surface area contributed by atoms with Gasteiger partial charge < -0.3 is 5.73 Å². The van der Waals surface area contributed by atoms with Crippen LogP contribution in [0.2, 0.25) is 10.0 Å². The quantitative estimate of drug-likeness (QED) is 0.824. The van der Waals surface area contributed by atoms with Crippen LogP contribution >= 0.6 is 35.4 Å². The lowest BCUT2D eigenvalue weighted by Gasteiger charge is -2.14. The summed E-state index contributed by atoms with van der Waals surface area (Å²) in [5.41, 5.74) is 6.40. The highest BCUT2D eigenvalue weighted by Crippen LogP contribution is 2.32. The zero-order valence-electron chi connectivity index (χ0n) is 7.76. The number of hydrogen-bond acceptors (Lipinski definition) is 1. The number of halogens is 2. The molecule has 1 aromatic rings. The molecular formula is C10H11Cl2NS. The van der Waals surface area contributed by atoms with E-state index in [-0.39, 0.29) is 5.92 Å². The monoisotopic (exact) mass is 247 g/mol. The van der Waals surface area contributed by atoms with Crippen LogP contribution in [-0.4, -0.2) is 4.99 Å². The first-order valence-electron chi connectivity index (χ1n) is 4.24. The van der Waals surface area contributed by atoms with E-state index in [2.05, 4.69) is 0 Å². The topological polar surface area (TPSA) is 26.0 Å². The molecule has 0 saturated heterocycles. The van der Waals surface area contributed by atoms with Crippen molar-refractivity contribution < 1.29 is 0 Å². The van der Waals surface area contributed by atoms with E-state index in [1.54, 1.807) is 0 Å². The fourth-order valence-electron chi connectivity index (χ4n) is 1.39. The molecule has 1 atom stereocenters. The predicted octanol–water partition coefficient (Wildman–Crippen LogP) is 3.77. The number of rotatable bonds is 3. The fourth-order valence-corrected chi connectivity index (χ4v) is 2.41. The lowest BCUT2D eigenvalue weighted by molar-refractivity contribution is 0.807. The van der Waals surface area contributed by atoms with Gasteiger partial charge in [0.1, 0.15) is 0 Å². The summed E-state index contributed by atoms with van der Waals surface area (Å²) in [7, 11) is 0. The molecule has 0 aliphatic carbocycles. The number of thiocarbonyl (C=S) groups is 1. The maximum Gasteiger partial charge on any atom is 0.0733 e. The van der Waals surface area contributed by atoms with Crippen molar-refractivity contribution in [3.8, 4) is 0 Å². The summed E-state index contributed by atoms with van der Waals surface area (Å²) in [6.45, 7) is 2.01. The molecule has 0 saturated carbocycles. The molecule has 1 aromatic carbocycles. The van der Waals surface area contributed by atoms with Gasteiger partial charge in [0.2, 0.25) is 0 Å². The summed E-state index contributed by atoms with van der Waals surface area (Å²) >= 11 is 16.9. The van der Waals surface area contributed by atoms with Crippen molar-refractivity contribution in [2.45, 2.75) is 19.3 Å². The Kier molecular flexibility index (Phi) is 4.17. The van der Waals surface area contributed by atoms with Gasteiger partial charge in [0.05, 0.1) is 4.99 Å². The van der Waals surface area contributed by atoms with Crippen molar-refractivity contribution in [2.24, 2.45) is 5.73 Å². The largest absolute Gasteiger partial charge is 0.393 e. The molecule has 0 aliphatic rings. The van der Waals surface area contributed by atoms with Gasteiger partial charge >= 0.3 is 0 Å². The highest BCUT2D eigenvalue weighted by Gasteiger charge is 2.13. The first-order valence-corrected chi connectivity index (χ1v) is 5.41. The molecule has 4 heteroatoms. The first kappa shape index (κ1) is 11.8. The Morgan fingerprint density at radius 2 is 1.93 bits per heavy atom. The highest BCUT2D eigenvalue weighted by molar-refractivity contribution is 7.80. The zero-order chi connectivity index (χ0) is 10.7. The van der Waals surface area contributed by atoms with Crippen molar-refractivity contribution in [3.63, 3.8) is 0 Å². The lowest BCUT2D eigenvalue weighted by atomic mass is 9.98. The predicted molar refractivity (Wildman–Crippen MR) is 66.3 cm³/mol. The van der Waals surface area contributed by atoms with Gasteiger partial charge in [-0.1, -0.05) is 48.4 Å². The number of nitrogens with two attached hydrogens (primary N) is 1. The van der Waals surface area contributed by atoms with E-state index < -0.39 is 0 Å².